The van der Waals surface area contributed by atoms with Crippen LogP contribution in [0.15, 0.2) is 279 Å². The Labute approximate surface area is 500 Å². The van der Waals surface area contributed by atoms with Crippen molar-refractivity contribution >= 4 is 97.0 Å². The van der Waals surface area contributed by atoms with Crippen molar-refractivity contribution in [1.82, 2.24) is 0 Å². The maximum Gasteiger partial charge on any atom is 0.0258 e. The summed E-state index contributed by atoms with van der Waals surface area (Å²) in [6.45, 7) is 10.8. The first-order valence-corrected chi connectivity index (χ1v) is 30.7. The van der Waals surface area contributed by atoms with Crippen LogP contribution in [-0.2, 0) is 16.2 Å². The molecule has 3 aliphatic rings. The van der Waals surface area contributed by atoms with Gasteiger partial charge in [0, 0.05) is 21.7 Å². The van der Waals surface area contributed by atoms with Gasteiger partial charge in [-0.2, -0.15) is 0 Å². The predicted molar refractivity (Wildman–Crippen MR) is 366 cm³/mol. The lowest BCUT2D eigenvalue weighted by Gasteiger charge is -2.49. The standard InChI is InChI=1S/C86H58/c1-83-75-45-69(63-37-17-27-51-21-5-11-31-57(51)63)71(65-39-19-29-53-23-7-13-33-59(53)65)47-77(75)84(2)79-49-73-74(82-62-36-16-10-26-56(62)42-44-68(82)67-43-41-55-25-9-15-35-61(55)81(67)73)50-80(79)85(3,86(83,84)4)78-48-72(66-40-20-30-54-24-8-14-34-60(54)66)70(46-76(78)83)64-38-18-28-52-22-6-12-32-58(52)64/h5-50H,1-4H3/t83?,84-,85+,86?. The maximum absolute atomic E-state index is 2.73. The fraction of sp³-hybridized carbons (Fsp3) is 0.0930. The number of hydrogen-bond acceptors (Lipinski definition) is 0. The van der Waals surface area contributed by atoms with E-state index in [2.05, 4.69) is 307 Å². The average molecular weight is 1090 g/mol. The van der Waals surface area contributed by atoms with Gasteiger partial charge in [0.1, 0.15) is 0 Å². The Morgan fingerprint density at radius 2 is 0.407 bits per heavy atom. The van der Waals surface area contributed by atoms with Crippen LogP contribution in [0.2, 0.25) is 0 Å². The number of hydrogen-bond donors (Lipinski definition) is 0. The van der Waals surface area contributed by atoms with Crippen molar-refractivity contribution < 1.29 is 0 Å². The van der Waals surface area contributed by atoms with Gasteiger partial charge >= 0.3 is 0 Å². The van der Waals surface area contributed by atoms with Crippen LogP contribution in [0, 0.1) is 5.41 Å². The van der Waals surface area contributed by atoms with E-state index in [0.717, 1.165) is 0 Å². The van der Waals surface area contributed by atoms with E-state index in [1.165, 1.54) is 175 Å². The van der Waals surface area contributed by atoms with E-state index in [9.17, 15) is 0 Å². The zero-order valence-electron chi connectivity index (χ0n) is 48.6. The van der Waals surface area contributed by atoms with Gasteiger partial charge in [0.05, 0.1) is 0 Å². The van der Waals surface area contributed by atoms with Gasteiger partial charge < -0.3 is 0 Å². The van der Waals surface area contributed by atoms with E-state index < -0.39 is 21.7 Å². The SMILES string of the molecule is CC12c3cc(-c4cccc5ccccc45)c(-c4cccc5ccccc45)cc3[C@@]3(C)c4cc5c(cc4[C@@](C)(c4cc(-c6cccc7ccccc67)c(-c6cccc7ccccc67)cc41)C23C)c1c2ccccc2ccc1c1ccc2ccccc2c15. The number of rotatable bonds is 4. The van der Waals surface area contributed by atoms with Crippen molar-refractivity contribution in [2.24, 2.45) is 5.41 Å². The summed E-state index contributed by atoms with van der Waals surface area (Å²) in [5.74, 6) is 0. The number of benzene rings is 16. The van der Waals surface area contributed by atoms with Gasteiger partial charge in [-0.05, 0) is 211 Å². The van der Waals surface area contributed by atoms with E-state index in [4.69, 9.17) is 0 Å². The molecule has 3 aliphatic carbocycles. The van der Waals surface area contributed by atoms with Crippen molar-refractivity contribution in [2.75, 3.05) is 0 Å². The molecule has 0 radical (unpaired) electrons. The molecule has 0 saturated carbocycles. The van der Waals surface area contributed by atoms with Crippen LogP contribution in [0.25, 0.3) is 141 Å². The first-order chi connectivity index (χ1) is 42.2. The highest BCUT2D eigenvalue weighted by Gasteiger charge is 2.80. The van der Waals surface area contributed by atoms with Crippen LogP contribution >= 0.6 is 0 Å². The molecule has 19 rings (SSSR count). The molecule has 4 atom stereocenters. The molecule has 0 nitrogen and oxygen atoms in total. The van der Waals surface area contributed by atoms with E-state index in [0.29, 0.717) is 0 Å². The molecule has 0 spiro atoms. The zero-order chi connectivity index (χ0) is 57.0. The number of fused-ring (bicyclic) bond motifs is 23. The second-order valence-corrected chi connectivity index (χ2v) is 25.9. The van der Waals surface area contributed by atoms with Crippen molar-refractivity contribution in [3.63, 3.8) is 0 Å². The van der Waals surface area contributed by atoms with Crippen LogP contribution in [0.3, 0.4) is 0 Å². The molecule has 2 unspecified atom stereocenters. The minimum absolute atomic E-state index is 0.437. The van der Waals surface area contributed by atoms with E-state index >= 15 is 0 Å². The third-order valence-corrected chi connectivity index (χ3v) is 22.7. The molecule has 0 bridgehead atoms. The highest BCUT2D eigenvalue weighted by Crippen LogP contribution is 2.83. The normalized spacial score (nSPS) is 20.0. The summed E-state index contributed by atoms with van der Waals surface area (Å²) >= 11 is 0. The highest BCUT2D eigenvalue weighted by molar-refractivity contribution is 6.36. The average Bonchev–Trinajstić information content (AvgIpc) is 1.43. The van der Waals surface area contributed by atoms with Gasteiger partial charge in [-0.1, -0.05) is 270 Å². The van der Waals surface area contributed by atoms with Crippen LogP contribution < -0.4 is 0 Å². The van der Waals surface area contributed by atoms with Gasteiger partial charge in [0.15, 0.2) is 0 Å². The zero-order valence-corrected chi connectivity index (χ0v) is 48.6. The Morgan fingerprint density at radius 3 is 0.698 bits per heavy atom. The molecular formula is C86H58. The van der Waals surface area contributed by atoms with Gasteiger partial charge in [-0.15, -0.1) is 0 Å². The van der Waals surface area contributed by atoms with Gasteiger partial charge in [-0.3, -0.25) is 0 Å². The Morgan fingerprint density at radius 1 is 0.174 bits per heavy atom. The summed E-state index contributed by atoms with van der Waals surface area (Å²) in [5.41, 5.74) is 16.8. The Kier molecular flexibility index (Phi) is 9.43. The lowest BCUT2D eigenvalue weighted by atomic mass is 9.52. The molecular weight excluding hydrogens is 1030 g/mol. The first kappa shape index (κ1) is 48.3. The molecule has 16 aromatic carbocycles. The quantitative estimate of drug-likeness (QED) is 0.154. The minimum Gasteiger partial charge on any atom is -0.0616 e. The molecule has 0 aromatic heterocycles. The summed E-state index contributed by atoms with van der Waals surface area (Å²) < 4.78 is 0. The molecule has 16 aromatic rings. The molecule has 402 valence electrons. The highest BCUT2D eigenvalue weighted by atomic mass is 14.8. The Bertz CT molecular complexity index is 5370. The molecule has 0 saturated heterocycles. The third kappa shape index (κ3) is 5.76. The predicted octanol–water partition coefficient (Wildman–Crippen LogP) is 23.0. The Hall–Kier alpha value is -10.1. The largest absolute Gasteiger partial charge is 0.0616 e. The van der Waals surface area contributed by atoms with Gasteiger partial charge in [0.2, 0.25) is 0 Å². The maximum atomic E-state index is 2.73. The minimum atomic E-state index is -0.511. The van der Waals surface area contributed by atoms with Crippen molar-refractivity contribution in [2.45, 2.75) is 43.9 Å². The molecule has 0 fully saturated rings. The van der Waals surface area contributed by atoms with Crippen LogP contribution in [-0.4, -0.2) is 0 Å². The molecule has 0 N–H and O–H groups in total. The molecule has 0 heterocycles. The van der Waals surface area contributed by atoms with E-state index in [1.54, 1.807) is 0 Å². The lowest BCUT2D eigenvalue weighted by molar-refractivity contribution is 0.0998. The topological polar surface area (TPSA) is 0 Å². The van der Waals surface area contributed by atoms with Gasteiger partial charge in [-0.25, -0.2) is 0 Å². The smallest absolute Gasteiger partial charge is 0.0258 e. The molecule has 86 heavy (non-hydrogen) atoms. The summed E-state index contributed by atoms with van der Waals surface area (Å²) in [4.78, 5) is 0. The monoisotopic (exact) mass is 1090 g/mol. The van der Waals surface area contributed by atoms with Crippen LogP contribution in [0.5, 0.6) is 0 Å². The van der Waals surface area contributed by atoms with Gasteiger partial charge in [0.25, 0.3) is 0 Å². The Balaban J connectivity index is 1.03. The summed E-state index contributed by atoms with van der Waals surface area (Å²) in [7, 11) is 0. The summed E-state index contributed by atoms with van der Waals surface area (Å²) in [6, 6.07) is 108. The molecule has 0 heteroatoms. The van der Waals surface area contributed by atoms with Crippen molar-refractivity contribution in [3.05, 3.63) is 312 Å². The molecule has 0 amide bonds. The van der Waals surface area contributed by atoms with E-state index in [1.807, 2.05) is 0 Å². The second-order valence-electron chi connectivity index (χ2n) is 25.9. The summed E-state index contributed by atoms with van der Waals surface area (Å²) in [6.07, 6.45) is 0. The third-order valence-electron chi connectivity index (χ3n) is 22.7. The van der Waals surface area contributed by atoms with E-state index in [-0.39, 0.29) is 0 Å². The fourth-order valence-corrected chi connectivity index (χ4v) is 18.6. The molecule has 0 aliphatic heterocycles. The van der Waals surface area contributed by atoms with Crippen LogP contribution in [0.1, 0.15) is 61.1 Å². The summed E-state index contributed by atoms with van der Waals surface area (Å²) in [5, 5.41) is 23.1. The lowest BCUT2D eigenvalue weighted by Crippen LogP contribution is -2.51. The van der Waals surface area contributed by atoms with Crippen LogP contribution in [0.4, 0.5) is 0 Å². The van der Waals surface area contributed by atoms with Crippen molar-refractivity contribution in [1.29, 1.82) is 0 Å². The second kappa shape index (κ2) is 16.8. The fourth-order valence-electron chi connectivity index (χ4n) is 18.6. The first-order valence-electron chi connectivity index (χ1n) is 30.7. The van der Waals surface area contributed by atoms with Crippen molar-refractivity contribution in [3.8, 4) is 44.5 Å².